The molecule has 1 fully saturated rings. The number of aromatic amines is 1. The lowest BCUT2D eigenvalue weighted by molar-refractivity contribution is -0.134. The quantitative estimate of drug-likeness (QED) is 0.619. The van der Waals surface area contributed by atoms with Gasteiger partial charge in [0.25, 0.3) is 5.91 Å². The van der Waals surface area contributed by atoms with E-state index < -0.39 is 0 Å². The number of aromatic nitrogens is 3. The Morgan fingerprint density at radius 3 is 2.84 bits per heavy atom. The number of rotatable bonds is 7. The van der Waals surface area contributed by atoms with E-state index in [0.29, 0.717) is 24.7 Å². The summed E-state index contributed by atoms with van der Waals surface area (Å²) in [5, 5.41) is 7.42. The van der Waals surface area contributed by atoms with Gasteiger partial charge in [0.15, 0.2) is 18.1 Å². The number of nitrogens with one attached hydrogen (secondary N) is 1. The number of carbonyl (C=O) groups excluding carboxylic acids is 1. The van der Waals surface area contributed by atoms with E-state index in [-0.39, 0.29) is 18.6 Å². The Morgan fingerprint density at radius 1 is 1.16 bits per heavy atom. The fourth-order valence-corrected chi connectivity index (χ4v) is 4.13. The van der Waals surface area contributed by atoms with Gasteiger partial charge in [0, 0.05) is 24.5 Å². The maximum absolute atomic E-state index is 13.1. The van der Waals surface area contributed by atoms with Crippen LogP contribution in [0.25, 0.3) is 11.1 Å². The molecule has 1 N–H and O–H groups in total. The van der Waals surface area contributed by atoms with Gasteiger partial charge in [-0.15, -0.1) is 0 Å². The van der Waals surface area contributed by atoms with E-state index in [4.69, 9.17) is 9.47 Å². The predicted molar refractivity (Wildman–Crippen MR) is 118 cm³/mol. The van der Waals surface area contributed by atoms with Crippen molar-refractivity contribution in [3.8, 4) is 22.6 Å². The van der Waals surface area contributed by atoms with Crippen molar-refractivity contribution in [1.29, 1.82) is 0 Å². The highest BCUT2D eigenvalue weighted by Gasteiger charge is 2.33. The van der Waals surface area contributed by atoms with Gasteiger partial charge in [-0.1, -0.05) is 6.07 Å². The summed E-state index contributed by atoms with van der Waals surface area (Å²) in [7, 11) is 0. The zero-order chi connectivity index (χ0) is 21.8. The molecule has 2 aromatic heterocycles. The molecule has 1 atom stereocenters. The van der Waals surface area contributed by atoms with Crippen molar-refractivity contribution in [2.75, 3.05) is 19.8 Å². The van der Waals surface area contributed by atoms with Crippen molar-refractivity contribution in [1.82, 2.24) is 20.1 Å². The molecule has 0 saturated carbocycles. The SMILES string of the molecule is CCOc1cc(C)ccc1OCC(=O)N1CCCC1c1[nH]ncc1-c1ccncc1C. The van der Waals surface area contributed by atoms with Crippen molar-refractivity contribution < 1.29 is 14.3 Å². The number of ether oxygens (including phenoxy) is 2. The first-order chi connectivity index (χ1) is 15.1. The molecule has 1 aliphatic heterocycles. The van der Waals surface area contributed by atoms with E-state index in [9.17, 15) is 4.79 Å². The highest BCUT2D eigenvalue weighted by Crippen LogP contribution is 2.37. The first-order valence-electron chi connectivity index (χ1n) is 10.7. The minimum Gasteiger partial charge on any atom is -0.490 e. The largest absolute Gasteiger partial charge is 0.490 e. The monoisotopic (exact) mass is 420 g/mol. The fourth-order valence-electron chi connectivity index (χ4n) is 4.13. The van der Waals surface area contributed by atoms with E-state index in [2.05, 4.69) is 15.2 Å². The Kier molecular flexibility index (Phi) is 6.21. The third-order valence-electron chi connectivity index (χ3n) is 5.64. The summed E-state index contributed by atoms with van der Waals surface area (Å²) >= 11 is 0. The van der Waals surface area contributed by atoms with Gasteiger partial charge in [-0.2, -0.15) is 5.10 Å². The molecule has 1 amide bonds. The Morgan fingerprint density at radius 2 is 2.03 bits per heavy atom. The Balaban J connectivity index is 1.51. The standard InChI is InChI=1S/C24H28N4O3/c1-4-30-22-12-16(2)7-8-21(22)31-15-23(29)28-11-5-6-20(28)24-19(14-26-27-24)18-9-10-25-13-17(18)3/h7-10,12-14,20H,4-6,11,15H2,1-3H3,(H,26,27). The number of benzene rings is 1. The Hall–Kier alpha value is -3.35. The summed E-state index contributed by atoms with van der Waals surface area (Å²) in [5.41, 5.74) is 5.22. The first-order valence-corrected chi connectivity index (χ1v) is 10.7. The minimum atomic E-state index is -0.0504. The summed E-state index contributed by atoms with van der Waals surface area (Å²) in [6.45, 7) is 7.17. The van der Waals surface area contributed by atoms with E-state index in [1.807, 2.05) is 62.3 Å². The predicted octanol–water partition coefficient (Wildman–Crippen LogP) is 4.23. The normalized spacial score (nSPS) is 15.8. The molecule has 1 unspecified atom stereocenters. The minimum absolute atomic E-state index is 0.0304. The van der Waals surface area contributed by atoms with Crippen molar-refractivity contribution in [3.05, 3.63) is 59.7 Å². The Bertz CT molecular complexity index is 1060. The smallest absolute Gasteiger partial charge is 0.261 e. The maximum atomic E-state index is 13.1. The Labute approximate surface area is 182 Å². The number of aryl methyl sites for hydroxylation is 2. The van der Waals surface area contributed by atoms with Crippen molar-refractivity contribution in [2.45, 2.75) is 39.7 Å². The van der Waals surface area contributed by atoms with Gasteiger partial charge >= 0.3 is 0 Å². The second kappa shape index (κ2) is 9.20. The maximum Gasteiger partial charge on any atom is 0.261 e. The molecule has 0 radical (unpaired) electrons. The average Bonchev–Trinajstić information content (AvgIpc) is 3.43. The van der Waals surface area contributed by atoms with Gasteiger partial charge in [0.05, 0.1) is 24.5 Å². The topological polar surface area (TPSA) is 80.3 Å². The second-order valence-corrected chi connectivity index (χ2v) is 7.80. The van der Waals surface area contributed by atoms with Gasteiger partial charge in [0.2, 0.25) is 0 Å². The number of likely N-dealkylation sites (tertiary alicyclic amines) is 1. The summed E-state index contributed by atoms with van der Waals surface area (Å²) < 4.78 is 11.5. The first kappa shape index (κ1) is 20.9. The van der Waals surface area contributed by atoms with Gasteiger partial charge in [-0.3, -0.25) is 14.9 Å². The number of H-pyrrole nitrogens is 1. The molecule has 1 aliphatic rings. The summed E-state index contributed by atoms with van der Waals surface area (Å²) in [6, 6.07) is 7.67. The number of pyridine rings is 1. The molecule has 0 bridgehead atoms. The van der Waals surface area contributed by atoms with Crippen LogP contribution in [0.2, 0.25) is 0 Å². The summed E-state index contributed by atoms with van der Waals surface area (Å²) in [4.78, 5) is 19.2. The lowest BCUT2D eigenvalue weighted by atomic mass is 9.99. The molecule has 7 nitrogen and oxygen atoms in total. The van der Waals surface area contributed by atoms with E-state index in [1.165, 1.54) is 0 Å². The number of carbonyl (C=O) groups is 1. The van der Waals surface area contributed by atoms with Gasteiger partial charge < -0.3 is 14.4 Å². The van der Waals surface area contributed by atoms with Crippen LogP contribution in [0.4, 0.5) is 0 Å². The summed E-state index contributed by atoms with van der Waals surface area (Å²) in [5.74, 6) is 1.21. The second-order valence-electron chi connectivity index (χ2n) is 7.80. The molecule has 7 heteroatoms. The molecular formula is C24H28N4O3. The highest BCUT2D eigenvalue weighted by molar-refractivity contribution is 5.79. The molecule has 4 rings (SSSR count). The van der Waals surface area contributed by atoms with Crippen LogP contribution in [0.5, 0.6) is 11.5 Å². The summed E-state index contributed by atoms with van der Waals surface area (Å²) in [6.07, 6.45) is 7.28. The van der Waals surface area contributed by atoms with Crippen LogP contribution in [-0.2, 0) is 4.79 Å². The van der Waals surface area contributed by atoms with Crippen molar-refractivity contribution in [3.63, 3.8) is 0 Å². The zero-order valence-corrected chi connectivity index (χ0v) is 18.2. The van der Waals surface area contributed by atoms with Crippen LogP contribution < -0.4 is 9.47 Å². The molecule has 3 aromatic rings. The molecule has 1 aromatic carbocycles. The van der Waals surface area contributed by atoms with Crippen LogP contribution >= 0.6 is 0 Å². The molecule has 0 aliphatic carbocycles. The van der Waals surface area contributed by atoms with E-state index >= 15 is 0 Å². The van der Waals surface area contributed by atoms with Gasteiger partial charge in [0.1, 0.15) is 0 Å². The van der Waals surface area contributed by atoms with Crippen LogP contribution in [0.1, 0.15) is 42.6 Å². The molecular weight excluding hydrogens is 392 g/mol. The molecule has 0 spiro atoms. The van der Waals surface area contributed by atoms with Crippen molar-refractivity contribution in [2.24, 2.45) is 0 Å². The van der Waals surface area contributed by atoms with Gasteiger partial charge in [-0.25, -0.2) is 0 Å². The third kappa shape index (κ3) is 4.40. The number of hydrogen-bond donors (Lipinski definition) is 1. The van der Waals surface area contributed by atoms with E-state index in [0.717, 1.165) is 40.8 Å². The third-order valence-corrected chi connectivity index (χ3v) is 5.64. The molecule has 162 valence electrons. The van der Waals surface area contributed by atoms with Crippen LogP contribution in [0, 0.1) is 13.8 Å². The van der Waals surface area contributed by atoms with Crippen LogP contribution in [0.15, 0.2) is 42.9 Å². The number of hydrogen-bond acceptors (Lipinski definition) is 5. The van der Waals surface area contributed by atoms with Crippen LogP contribution in [-0.4, -0.2) is 45.7 Å². The lowest BCUT2D eigenvalue weighted by Gasteiger charge is -2.25. The fraction of sp³-hybridized carbons (Fsp3) is 0.375. The zero-order valence-electron chi connectivity index (χ0n) is 18.2. The van der Waals surface area contributed by atoms with Crippen molar-refractivity contribution >= 4 is 5.91 Å². The molecule has 1 saturated heterocycles. The lowest BCUT2D eigenvalue weighted by Crippen LogP contribution is -2.34. The van der Waals surface area contributed by atoms with E-state index in [1.54, 1.807) is 6.20 Å². The number of nitrogens with zero attached hydrogens (tertiary/aromatic N) is 3. The molecule has 3 heterocycles. The highest BCUT2D eigenvalue weighted by atomic mass is 16.5. The van der Waals surface area contributed by atoms with Gasteiger partial charge in [-0.05, 0) is 68.5 Å². The molecule has 31 heavy (non-hydrogen) atoms. The van der Waals surface area contributed by atoms with Crippen LogP contribution in [0.3, 0.4) is 0 Å². The average molecular weight is 421 g/mol. The number of amides is 1.